The quantitative estimate of drug-likeness (QED) is 0.715. The van der Waals surface area contributed by atoms with E-state index in [2.05, 4.69) is 24.9 Å². The van der Waals surface area contributed by atoms with Crippen molar-refractivity contribution in [2.45, 2.75) is 25.6 Å². The first-order valence-corrected chi connectivity index (χ1v) is 5.91. The molecule has 1 aliphatic heterocycles. The van der Waals surface area contributed by atoms with Crippen LogP contribution >= 0.6 is 11.8 Å². The molecule has 0 saturated heterocycles. The van der Waals surface area contributed by atoms with Crippen molar-refractivity contribution in [1.82, 2.24) is 0 Å². The van der Waals surface area contributed by atoms with Gasteiger partial charge in [0.15, 0.2) is 0 Å². The largest absolute Gasteiger partial charge is 0.481 e. The van der Waals surface area contributed by atoms with Gasteiger partial charge in [0.25, 0.3) is 0 Å². The molecule has 78 valence electrons. The van der Waals surface area contributed by atoms with Crippen LogP contribution in [0.2, 0.25) is 0 Å². The van der Waals surface area contributed by atoms with E-state index < -0.39 is 0 Å². The van der Waals surface area contributed by atoms with Crippen LogP contribution in [0.4, 0.5) is 0 Å². The Hall–Kier alpha value is -0.700. The van der Waals surface area contributed by atoms with Crippen LogP contribution in [0.25, 0.3) is 0 Å². The van der Waals surface area contributed by atoms with Gasteiger partial charge >= 0.3 is 0 Å². The maximum absolute atomic E-state index is 5.15. The minimum absolute atomic E-state index is 0.208. The molecule has 1 unspecified atom stereocenters. The molecule has 1 atom stereocenters. The molecule has 0 amide bonds. The van der Waals surface area contributed by atoms with E-state index in [1.54, 1.807) is 7.11 Å². The average molecular weight is 211 g/mol. The van der Waals surface area contributed by atoms with Gasteiger partial charge in [0, 0.05) is 6.08 Å². The summed E-state index contributed by atoms with van der Waals surface area (Å²) in [6.07, 6.45) is 7.30. The van der Waals surface area contributed by atoms with Crippen LogP contribution in [0.5, 0.6) is 0 Å². The third-order valence-corrected chi connectivity index (χ3v) is 3.08. The minimum Gasteiger partial charge on any atom is -0.481 e. The van der Waals surface area contributed by atoms with Crippen molar-refractivity contribution in [2.75, 3.05) is 12.9 Å². The summed E-state index contributed by atoms with van der Waals surface area (Å²) in [5.41, 5.74) is 1.24. The summed E-state index contributed by atoms with van der Waals surface area (Å²) in [6.45, 7) is 4.27. The molecule has 0 saturated carbocycles. The molecule has 1 aliphatic rings. The zero-order valence-electron chi connectivity index (χ0n) is 8.99. The molecule has 0 radical (unpaired) electrons. The second kappa shape index (κ2) is 5.91. The van der Waals surface area contributed by atoms with Crippen LogP contribution in [-0.2, 0) is 4.74 Å². The Kier molecular flexibility index (Phi) is 4.80. The standard InChI is InChI=1S/C11H17NOS/c1-4-7-14-11-8-9(2)5-6-10(12-11)13-3/h5-6,8,11H,4,7H2,1-3H3. The molecule has 0 N–H and O–H groups in total. The van der Waals surface area contributed by atoms with Crippen LogP contribution in [0.15, 0.2) is 28.8 Å². The van der Waals surface area contributed by atoms with Crippen LogP contribution in [0.3, 0.4) is 0 Å². The third-order valence-electron chi connectivity index (χ3n) is 1.85. The van der Waals surface area contributed by atoms with Crippen molar-refractivity contribution >= 4 is 17.7 Å². The zero-order chi connectivity index (χ0) is 10.4. The molecule has 1 heterocycles. The highest BCUT2D eigenvalue weighted by Gasteiger charge is 2.07. The molecule has 0 bridgehead atoms. The molecular weight excluding hydrogens is 194 g/mol. The molecule has 2 nitrogen and oxygen atoms in total. The highest BCUT2D eigenvalue weighted by molar-refractivity contribution is 8.00. The first-order chi connectivity index (χ1) is 6.76. The normalized spacial score (nSPS) is 21.2. The Bertz CT molecular complexity index is 268. The van der Waals surface area contributed by atoms with Gasteiger partial charge in [-0.15, -0.1) is 11.8 Å². The minimum atomic E-state index is 0.208. The third kappa shape index (κ3) is 3.58. The van der Waals surface area contributed by atoms with E-state index in [9.17, 15) is 0 Å². The van der Waals surface area contributed by atoms with E-state index in [-0.39, 0.29) is 5.37 Å². The van der Waals surface area contributed by atoms with E-state index in [1.165, 1.54) is 12.0 Å². The molecule has 0 fully saturated rings. The van der Waals surface area contributed by atoms with E-state index >= 15 is 0 Å². The molecule has 14 heavy (non-hydrogen) atoms. The van der Waals surface area contributed by atoms with Gasteiger partial charge in [0.1, 0.15) is 5.37 Å². The van der Waals surface area contributed by atoms with Gasteiger partial charge in [-0.1, -0.05) is 18.6 Å². The Morgan fingerprint density at radius 2 is 2.29 bits per heavy atom. The van der Waals surface area contributed by atoms with E-state index in [0.717, 1.165) is 5.75 Å². The van der Waals surface area contributed by atoms with Gasteiger partial charge < -0.3 is 4.74 Å². The Morgan fingerprint density at radius 3 is 2.93 bits per heavy atom. The molecule has 0 aromatic rings. The Labute approximate surface area is 90.1 Å². The number of hydrogen-bond donors (Lipinski definition) is 0. The average Bonchev–Trinajstić information content (AvgIpc) is 2.37. The molecular formula is C11H17NOS. The summed E-state index contributed by atoms with van der Waals surface area (Å²) in [7, 11) is 1.66. The summed E-state index contributed by atoms with van der Waals surface area (Å²) in [6, 6.07) is 0. The van der Waals surface area contributed by atoms with Crippen LogP contribution < -0.4 is 0 Å². The number of rotatable bonds is 3. The molecule has 3 heteroatoms. The maximum atomic E-state index is 5.15. The lowest BCUT2D eigenvalue weighted by Crippen LogP contribution is -2.02. The number of methoxy groups -OCH3 is 1. The molecule has 0 spiro atoms. The molecule has 0 aromatic carbocycles. The predicted octanol–water partition coefficient (Wildman–Crippen LogP) is 3.02. The van der Waals surface area contributed by atoms with E-state index in [0.29, 0.717) is 5.90 Å². The number of thioether (sulfide) groups is 1. The maximum Gasteiger partial charge on any atom is 0.209 e. The van der Waals surface area contributed by atoms with Crippen molar-refractivity contribution in [3.05, 3.63) is 23.8 Å². The second-order valence-corrected chi connectivity index (χ2v) is 4.40. The zero-order valence-corrected chi connectivity index (χ0v) is 9.80. The summed E-state index contributed by atoms with van der Waals surface area (Å²) >= 11 is 1.85. The van der Waals surface area contributed by atoms with Gasteiger partial charge in [-0.3, -0.25) is 0 Å². The van der Waals surface area contributed by atoms with Crippen molar-refractivity contribution in [2.24, 2.45) is 4.99 Å². The predicted molar refractivity (Wildman–Crippen MR) is 63.9 cm³/mol. The van der Waals surface area contributed by atoms with Crippen LogP contribution in [0, 0.1) is 0 Å². The van der Waals surface area contributed by atoms with Crippen molar-refractivity contribution < 1.29 is 4.74 Å². The SMILES string of the molecule is CCCSC1C=C(C)C=CC(OC)=N1. The van der Waals surface area contributed by atoms with Crippen molar-refractivity contribution in [3.63, 3.8) is 0 Å². The number of aliphatic imine (C=N–C) groups is 1. The van der Waals surface area contributed by atoms with Crippen molar-refractivity contribution in [3.8, 4) is 0 Å². The summed E-state index contributed by atoms with van der Waals surface area (Å²) in [5, 5.41) is 0.208. The summed E-state index contributed by atoms with van der Waals surface area (Å²) < 4.78 is 5.15. The highest BCUT2D eigenvalue weighted by atomic mass is 32.2. The van der Waals surface area contributed by atoms with Gasteiger partial charge in [-0.2, -0.15) is 0 Å². The Balaban J connectivity index is 2.67. The fourth-order valence-corrected chi connectivity index (χ4v) is 2.10. The fraction of sp³-hybridized carbons (Fsp3) is 0.545. The number of allylic oxidation sites excluding steroid dienone is 2. The van der Waals surface area contributed by atoms with Gasteiger partial charge in [0.2, 0.25) is 5.90 Å². The number of ether oxygens (including phenoxy) is 1. The first kappa shape index (κ1) is 11.4. The van der Waals surface area contributed by atoms with Crippen molar-refractivity contribution in [1.29, 1.82) is 0 Å². The van der Waals surface area contributed by atoms with Gasteiger partial charge in [0.05, 0.1) is 7.11 Å². The Morgan fingerprint density at radius 1 is 1.50 bits per heavy atom. The van der Waals surface area contributed by atoms with E-state index in [4.69, 9.17) is 4.74 Å². The van der Waals surface area contributed by atoms with Gasteiger partial charge in [-0.25, -0.2) is 4.99 Å². The molecule has 1 rings (SSSR count). The topological polar surface area (TPSA) is 21.6 Å². The fourth-order valence-electron chi connectivity index (χ4n) is 1.13. The van der Waals surface area contributed by atoms with Gasteiger partial charge in [-0.05, 0) is 25.2 Å². The van der Waals surface area contributed by atoms with E-state index in [1.807, 2.05) is 23.9 Å². The second-order valence-electron chi connectivity index (χ2n) is 3.18. The number of hydrogen-bond acceptors (Lipinski definition) is 3. The lowest BCUT2D eigenvalue weighted by molar-refractivity contribution is 0.405. The molecule has 0 aromatic heterocycles. The lowest BCUT2D eigenvalue weighted by atomic mass is 10.3. The smallest absolute Gasteiger partial charge is 0.209 e. The molecule has 0 aliphatic carbocycles. The monoisotopic (exact) mass is 211 g/mol. The summed E-state index contributed by atoms with van der Waals surface area (Å²) in [4.78, 5) is 4.48. The highest BCUT2D eigenvalue weighted by Crippen LogP contribution is 2.19. The number of nitrogens with zero attached hydrogens (tertiary/aromatic N) is 1. The van der Waals surface area contributed by atoms with Crippen LogP contribution in [0.1, 0.15) is 20.3 Å². The van der Waals surface area contributed by atoms with Crippen LogP contribution in [-0.4, -0.2) is 24.1 Å². The first-order valence-electron chi connectivity index (χ1n) is 4.86. The summed E-state index contributed by atoms with van der Waals surface area (Å²) in [5.74, 6) is 1.85. The lowest BCUT2D eigenvalue weighted by Gasteiger charge is -2.07.